The first kappa shape index (κ1) is 15.7. The van der Waals surface area contributed by atoms with Crippen molar-refractivity contribution in [3.8, 4) is 0 Å². The molecule has 1 N–H and O–H groups in total. The van der Waals surface area contributed by atoms with E-state index in [9.17, 15) is 9.18 Å². The average molecular weight is 337 g/mol. The molecule has 1 aromatic heterocycles. The van der Waals surface area contributed by atoms with Crippen LogP contribution in [0, 0.1) is 5.82 Å². The second kappa shape index (κ2) is 6.52. The molecule has 7 heteroatoms. The van der Waals surface area contributed by atoms with Gasteiger partial charge in [0.2, 0.25) is 0 Å². The number of aromatic nitrogens is 1. The van der Waals surface area contributed by atoms with Crippen LogP contribution in [-0.4, -0.2) is 35.8 Å². The molecule has 2 heterocycles. The van der Waals surface area contributed by atoms with Crippen LogP contribution in [0.4, 0.5) is 10.2 Å². The minimum atomic E-state index is -1.07. The first-order valence-corrected chi connectivity index (χ1v) is 7.44. The van der Waals surface area contributed by atoms with E-state index in [0.717, 1.165) is 5.56 Å². The molecule has 120 valence electrons. The van der Waals surface area contributed by atoms with Crippen molar-refractivity contribution >= 4 is 23.4 Å². The summed E-state index contributed by atoms with van der Waals surface area (Å²) < 4.78 is 19.0. The van der Waals surface area contributed by atoms with Gasteiger partial charge in [-0.1, -0.05) is 23.7 Å². The summed E-state index contributed by atoms with van der Waals surface area (Å²) in [5.41, 5.74) is 0.769. The Hall–Kier alpha value is -2.18. The van der Waals surface area contributed by atoms with E-state index in [2.05, 4.69) is 4.98 Å². The maximum Gasteiger partial charge on any atom is 0.354 e. The largest absolute Gasteiger partial charge is 0.477 e. The zero-order chi connectivity index (χ0) is 16.4. The zero-order valence-electron chi connectivity index (χ0n) is 12.1. The maximum atomic E-state index is 13.3. The van der Waals surface area contributed by atoms with Crippen LogP contribution in [0.3, 0.4) is 0 Å². The number of aromatic carboxylic acids is 1. The van der Waals surface area contributed by atoms with Gasteiger partial charge >= 0.3 is 5.97 Å². The molecular weight excluding hydrogens is 323 g/mol. The highest BCUT2D eigenvalue weighted by Gasteiger charge is 2.24. The van der Waals surface area contributed by atoms with Gasteiger partial charge in [0.25, 0.3) is 0 Å². The van der Waals surface area contributed by atoms with E-state index in [1.165, 1.54) is 12.1 Å². The highest BCUT2D eigenvalue weighted by molar-refractivity contribution is 6.30. The first-order chi connectivity index (χ1) is 11.0. The molecule has 1 fully saturated rings. The minimum Gasteiger partial charge on any atom is -0.477 e. The van der Waals surface area contributed by atoms with Crippen LogP contribution in [0.1, 0.15) is 22.2 Å². The fraction of sp³-hybridized carbons (Fsp3) is 0.250. The van der Waals surface area contributed by atoms with Crippen molar-refractivity contribution in [2.45, 2.75) is 6.10 Å². The molecule has 1 aliphatic heterocycles. The SMILES string of the molecule is O=C(O)c1cccc(N2CCOC(c3ccc(F)c(Cl)c3)C2)n1. The zero-order valence-corrected chi connectivity index (χ0v) is 12.8. The van der Waals surface area contributed by atoms with Crippen LogP contribution in [0.5, 0.6) is 0 Å². The summed E-state index contributed by atoms with van der Waals surface area (Å²) in [5.74, 6) is -0.965. The number of carbonyl (C=O) groups is 1. The lowest BCUT2D eigenvalue weighted by molar-refractivity contribution is 0.0395. The molecule has 5 nitrogen and oxygen atoms in total. The second-order valence-electron chi connectivity index (χ2n) is 5.17. The van der Waals surface area contributed by atoms with E-state index in [1.807, 2.05) is 4.90 Å². The first-order valence-electron chi connectivity index (χ1n) is 7.06. The number of halogens is 2. The molecule has 1 unspecified atom stereocenters. The van der Waals surface area contributed by atoms with Crippen LogP contribution < -0.4 is 4.90 Å². The van der Waals surface area contributed by atoms with Gasteiger partial charge in [-0.2, -0.15) is 0 Å². The summed E-state index contributed by atoms with van der Waals surface area (Å²) in [6.07, 6.45) is -0.280. The number of anilines is 1. The van der Waals surface area contributed by atoms with Crippen molar-refractivity contribution in [1.82, 2.24) is 4.98 Å². The Kier molecular flexibility index (Phi) is 4.45. The summed E-state index contributed by atoms with van der Waals surface area (Å²) in [6, 6.07) is 9.35. The smallest absolute Gasteiger partial charge is 0.354 e. The lowest BCUT2D eigenvalue weighted by atomic mass is 10.1. The van der Waals surface area contributed by atoms with E-state index >= 15 is 0 Å². The molecular formula is C16H14ClFN2O3. The normalized spacial score (nSPS) is 18.0. The van der Waals surface area contributed by atoms with Crippen molar-refractivity contribution in [3.63, 3.8) is 0 Å². The predicted molar refractivity (Wildman–Crippen MR) is 83.5 cm³/mol. The topological polar surface area (TPSA) is 62.7 Å². The maximum absolute atomic E-state index is 13.3. The number of rotatable bonds is 3. The molecule has 23 heavy (non-hydrogen) atoms. The number of hydrogen-bond acceptors (Lipinski definition) is 4. The van der Waals surface area contributed by atoms with E-state index in [4.69, 9.17) is 21.4 Å². The van der Waals surface area contributed by atoms with E-state index in [1.54, 1.807) is 24.3 Å². The van der Waals surface area contributed by atoms with Gasteiger partial charge in [0.05, 0.1) is 11.6 Å². The van der Waals surface area contributed by atoms with Gasteiger partial charge in [0.1, 0.15) is 17.7 Å². The number of hydrogen-bond donors (Lipinski definition) is 1. The Morgan fingerprint density at radius 1 is 1.39 bits per heavy atom. The van der Waals surface area contributed by atoms with E-state index in [-0.39, 0.29) is 16.8 Å². The number of benzene rings is 1. The van der Waals surface area contributed by atoms with Gasteiger partial charge in [-0.15, -0.1) is 0 Å². The van der Waals surface area contributed by atoms with Crippen molar-refractivity contribution < 1.29 is 19.0 Å². The molecule has 0 bridgehead atoms. The Bertz CT molecular complexity index is 741. The highest BCUT2D eigenvalue weighted by atomic mass is 35.5. The number of morpholine rings is 1. The summed E-state index contributed by atoms with van der Waals surface area (Å²) in [4.78, 5) is 17.1. The van der Waals surface area contributed by atoms with Crippen LogP contribution in [0.15, 0.2) is 36.4 Å². The summed E-state index contributed by atoms with van der Waals surface area (Å²) in [5, 5.41) is 9.09. The summed E-state index contributed by atoms with van der Waals surface area (Å²) >= 11 is 5.82. The lowest BCUT2D eigenvalue weighted by Crippen LogP contribution is -2.39. The monoisotopic (exact) mass is 336 g/mol. The molecule has 1 aliphatic rings. The third kappa shape index (κ3) is 3.43. The molecule has 1 aromatic carbocycles. The van der Waals surface area contributed by atoms with Gasteiger partial charge in [-0.25, -0.2) is 14.2 Å². The fourth-order valence-corrected chi connectivity index (χ4v) is 2.68. The number of nitrogens with zero attached hydrogens (tertiary/aromatic N) is 2. The Morgan fingerprint density at radius 2 is 2.22 bits per heavy atom. The van der Waals surface area contributed by atoms with Crippen molar-refractivity contribution in [3.05, 3.63) is 58.5 Å². The number of ether oxygens (including phenoxy) is 1. The molecule has 0 saturated carbocycles. The quantitative estimate of drug-likeness (QED) is 0.933. The Balaban J connectivity index is 1.81. The van der Waals surface area contributed by atoms with E-state index < -0.39 is 11.8 Å². The van der Waals surface area contributed by atoms with Crippen LogP contribution >= 0.6 is 11.6 Å². The second-order valence-corrected chi connectivity index (χ2v) is 5.57. The molecule has 0 amide bonds. The van der Waals surface area contributed by atoms with Crippen molar-refractivity contribution in [2.75, 3.05) is 24.6 Å². The third-order valence-electron chi connectivity index (χ3n) is 3.66. The van der Waals surface area contributed by atoms with Gasteiger partial charge < -0.3 is 14.7 Å². The Labute approximate surface area is 137 Å². The summed E-state index contributed by atoms with van der Waals surface area (Å²) in [6.45, 7) is 1.54. The molecule has 0 spiro atoms. The standard InChI is InChI=1S/C16H14ClFN2O3/c17-11-8-10(4-5-12(11)18)14-9-20(6-7-23-14)15-3-1-2-13(19-15)16(21)22/h1-5,8,14H,6-7,9H2,(H,21,22). The van der Waals surface area contributed by atoms with Gasteiger partial charge in [0.15, 0.2) is 5.69 Å². The summed E-state index contributed by atoms with van der Waals surface area (Å²) in [7, 11) is 0. The van der Waals surface area contributed by atoms with E-state index in [0.29, 0.717) is 25.5 Å². The van der Waals surface area contributed by atoms with Crippen molar-refractivity contribution in [1.29, 1.82) is 0 Å². The van der Waals surface area contributed by atoms with Gasteiger partial charge in [0, 0.05) is 13.1 Å². The molecule has 1 saturated heterocycles. The minimum absolute atomic E-state index is 0.00429. The average Bonchev–Trinajstić information content (AvgIpc) is 2.57. The Morgan fingerprint density at radius 3 is 2.96 bits per heavy atom. The molecule has 1 atom stereocenters. The molecule has 2 aromatic rings. The molecule has 0 aliphatic carbocycles. The highest BCUT2D eigenvalue weighted by Crippen LogP contribution is 2.28. The third-order valence-corrected chi connectivity index (χ3v) is 3.95. The van der Waals surface area contributed by atoms with Gasteiger partial charge in [-0.05, 0) is 29.8 Å². The molecule has 3 rings (SSSR count). The molecule has 0 radical (unpaired) electrons. The van der Waals surface area contributed by atoms with Crippen molar-refractivity contribution in [2.24, 2.45) is 0 Å². The number of carboxylic acids is 1. The van der Waals surface area contributed by atoms with Crippen LogP contribution in [0.2, 0.25) is 5.02 Å². The fourth-order valence-electron chi connectivity index (χ4n) is 2.49. The van der Waals surface area contributed by atoms with Crippen LogP contribution in [0.25, 0.3) is 0 Å². The van der Waals surface area contributed by atoms with Crippen LogP contribution in [-0.2, 0) is 4.74 Å². The van der Waals surface area contributed by atoms with Gasteiger partial charge in [-0.3, -0.25) is 0 Å². The predicted octanol–water partition coefficient (Wildman–Crippen LogP) is 3.15. The lowest BCUT2D eigenvalue weighted by Gasteiger charge is -2.34. The number of pyridine rings is 1. The number of carboxylic acid groups (broad SMARTS) is 1.